The summed E-state index contributed by atoms with van der Waals surface area (Å²) < 4.78 is 0. The van der Waals surface area contributed by atoms with Crippen LogP contribution in [0.25, 0.3) is 0 Å². The van der Waals surface area contributed by atoms with E-state index in [1.807, 2.05) is 0 Å². The molecule has 0 radical (unpaired) electrons. The SMILES string of the molecule is C=C(C)[C@@H]1CC[C@]2(C(=O)NO)CC[C@]3(C)[C@H](CC[C@@H]4[C@@]5(C)CC=CC(C)(C)[C@@H]5CC[C@]43C)[C@@H]12. The lowest BCUT2D eigenvalue weighted by atomic mass is 9.33. The summed E-state index contributed by atoms with van der Waals surface area (Å²) in [5.41, 5.74) is 4.10. The summed E-state index contributed by atoms with van der Waals surface area (Å²) in [7, 11) is 0. The van der Waals surface area contributed by atoms with Crippen molar-refractivity contribution in [1.29, 1.82) is 0 Å². The van der Waals surface area contributed by atoms with Gasteiger partial charge in [-0.15, -0.1) is 0 Å². The van der Waals surface area contributed by atoms with E-state index in [0.717, 1.165) is 37.5 Å². The third-order valence-electron chi connectivity index (χ3n) is 12.9. The highest BCUT2D eigenvalue weighted by Crippen LogP contribution is 2.77. The Morgan fingerprint density at radius 2 is 1.67 bits per heavy atom. The highest BCUT2D eigenvalue weighted by atomic mass is 16.5. The quantitative estimate of drug-likeness (QED) is 0.261. The van der Waals surface area contributed by atoms with Crippen LogP contribution in [0.1, 0.15) is 99.3 Å². The van der Waals surface area contributed by atoms with Gasteiger partial charge < -0.3 is 0 Å². The van der Waals surface area contributed by atoms with Crippen molar-refractivity contribution in [2.75, 3.05) is 0 Å². The van der Waals surface area contributed by atoms with Gasteiger partial charge in [0.25, 0.3) is 0 Å². The second kappa shape index (κ2) is 7.21. The molecule has 0 bridgehead atoms. The Bertz CT molecular complexity index is 890. The lowest BCUT2D eigenvalue weighted by Crippen LogP contribution is -2.66. The Hall–Kier alpha value is -1.09. The summed E-state index contributed by atoms with van der Waals surface area (Å²) in [4.78, 5) is 13.2. The van der Waals surface area contributed by atoms with Crippen LogP contribution in [0, 0.1) is 56.7 Å². The standard InChI is InChI=1S/C30H47NO2/c1-19(2)20-11-16-30(25(32)31-33)18-17-28(6)21(24(20)30)9-10-23-27(5)14-8-13-26(3,4)22(27)12-15-29(23,28)7/h8,13,20-24,33H,1,9-12,14-18H2,2-7H3,(H,31,32)/t20-,21+,22-,23+,24+,27-,28+,29+,30-/m0/s1. The van der Waals surface area contributed by atoms with Crippen LogP contribution in [-0.4, -0.2) is 11.1 Å². The number of rotatable bonds is 2. The molecule has 0 aromatic rings. The van der Waals surface area contributed by atoms with Gasteiger partial charge in [-0.2, -0.15) is 0 Å². The average Bonchev–Trinajstić information content (AvgIpc) is 3.14. The van der Waals surface area contributed by atoms with E-state index < -0.39 is 5.41 Å². The summed E-state index contributed by atoms with van der Waals surface area (Å²) in [6, 6.07) is 0. The molecule has 0 aromatic heterocycles. The van der Waals surface area contributed by atoms with Gasteiger partial charge in [0.15, 0.2) is 0 Å². The van der Waals surface area contributed by atoms with Gasteiger partial charge in [0.2, 0.25) is 5.91 Å². The number of fused-ring (bicyclic) bond motifs is 7. The summed E-state index contributed by atoms with van der Waals surface area (Å²) in [6.07, 6.45) is 15.3. The Morgan fingerprint density at radius 3 is 2.33 bits per heavy atom. The number of carbonyl (C=O) groups is 1. The predicted octanol–water partition coefficient (Wildman–Crippen LogP) is 7.32. The maximum absolute atomic E-state index is 13.2. The Balaban J connectivity index is 1.58. The third kappa shape index (κ3) is 2.81. The van der Waals surface area contributed by atoms with E-state index in [-0.39, 0.29) is 16.7 Å². The van der Waals surface area contributed by atoms with Crippen LogP contribution < -0.4 is 5.48 Å². The summed E-state index contributed by atoms with van der Waals surface area (Å²) in [6.45, 7) is 19.3. The van der Waals surface area contributed by atoms with E-state index in [9.17, 15) is 10.0 Å². The molecule has 5 aliphatic rings. The number of hydrogen-bond acceptors (Lipinski definition) is 2. The zero-order valence-electron chi connectivity index (χ0n) is 22.0. The first kappa shape index (κ1) is 23.6. The molecule has 0 spiro atoms. The van der Waals surface area contributed by atoms with Gasteiger partial charge in [-0.25, -0.2) is 5.48 Å². The molecule has 0 aromatic carbocycles. The normalized spacial score (nSPS) is 52.2. The Labute approximate surface area is 201 Å². The fraction of sp³-hybridized carbons (Fsp3) is 0.833. The van der Waals surface area contributed by atoms with Gasteiger partial charge in [-0.05, 0) is 116 Å². The molecule has 5 rings (SSSR count). The van der Waals surface area contributed by atoms with Crippen LogP contribution in [-0.2, 0) is 4.79 Å². The number of carbonyl (C=O) groups excluding carboxylic acids is 1. The summed E-state index contributed by atoms with van der Waals surface area (Å²) in [5, 5.41) is 9.74. The van der Waals surface area contributed by atoms with Gasteiger partial charge in [-0.1, -0.05) is 58.9 Å². The molecule has 33 heavy (non-hydrogen) atoms. The van der Waals surface area contributed by atoms with Crippen LogP contribution in [0.4, 0.5) is 0 Å². The van der Waals surface area contributed by atoms with Gasteiger partial charge in [0.1, 0.15) is 0 Å². The van der Waals surface area contributed by atoms with Crippen molar-refractivity contribution < 1.29 is 10.0 Å². The van der Waals surface area contributed by atoms with Crippen molar-refractivity contribution in [2.24, 2.45) is 56.7 Å². The fourth-order valence-corrected chi connectivity index (χ4v) is 11.3. The molecular formula is C30H47NO2. The number of amides is 1. The lowest BCUT2D eigenvalue weighted by molar-refractivity contribution is -0.226. The van der Waals surface area contributed by atoms with Crippen molar-refractivity contribution >= 4 is 5.91 Å². The number of nitrogens with one attached hydrogen (secondary N) is 1. The first-order valence-corrected chi connectivity index (χ1v) is 13.6. The van der Waals surface area contributed by atoms with Crippen molar-refractivity contribution in [3.05, 3.63) is 24.3 Å². The molecule has 0 unspecified atom stereocenters. The number of hydroxylamine groups is 1. The second-order valence-electron chi connectivity index (χ2n) is 14.2. The zero-order valence-corrected chi connectivity index (χ0v) is 22.0. The van der Waals surface area contributed by atoms with E-state index in [0.29, 0.717) is 28.6 Å². The molecule has 184 valence electrons. The van der Waals surface area contributed by atoms with Crippen LogP contribution in [0.15, 0.2) is 24.3 Å². The molecule has 4 fully saturated rings. The first-order chi connectivity index (χ1) is 15.4. The molecule has 9 atom stereocenters. The third-order valence-corrected chi connectivity index (χ3v) is 12.9. The highest BCUT2D eigenvalue weighted by Gasteiger charge is 2.71. The maximum Gasteiger partial charge on any atom is 0.249 e. The minimum atomic E-state index is -0.414. The Morgan fingerprint density at radius 1 is 0.939 bits per heavy atom. The van der Waals surface area contributed by atoms with Crippen molar-refractivity contribution in [1.82, 2.24) is 5.48 Å². The minimum Gasteiger partial charge on any atom is -0.289 e. The van der Waals surface area contributed by atoms with Gasteiger partial charge in [-0.3, -0.25) is 10.0 Å². The largest absolute Gasteiger partial charge is 0.289 e. The van der Waals surface area contributed by atoms with Crippen LogP contribution in [0.5, 0.6) is 0 Å². The van der Waals surface area contributed by atoms with E-state index >= 15 is 0 Å². The van der Waals surface area contributed by atoms with Gasteiger partial charge >= 0.3 is 0 Å². The van der Waals surface area contributed by atoms with Crippen molar-refractivity contribution in [3.63, 3.8) is 0 Å². The minimum absolute atomic E-state index is 0.125. The first-order valence-electron chi connectivity index (χ1n) is 13.6. The van der Waals surface area contributed by atoms with Crippen LogP contribution in [0.3, 0.4) is 0 Å². The van der Waals surface area contributed by atoms with E-state index in [1.165, 1.54) is 37.7 Å². The van der Waals surface area contributed by atoms with E-state index in [4.69, 9.17) is 0 Å². The summed E-state index contributed by atoms with van der Waals surface area (Å²) >= 11 is 0. The molecule has 0 aliphatic heterocycles. The zero-order chi connectivity index (χ0) is 24.0. The van der Waals surface area contributed by atoms with E-state index in [1.54, 1.807) is 0 Å². The van der Waals surface area contributed by atoms with Crippen LogP contribution >= 0.6 is 0 Å². The summed E-state index contributed by atoms with van der Waals surface area (Å²) in [5.74, 6) is 2.60. The van der Waals surface area contributed by atoms with Crippen molar-refractivity contribution in [2.45, 2.75) is 99.3 Å². The predicted molar refractivity (Wildman–Crippen MR) is 133 cm³/mol. The maximum atomic E-state index is 13.2. The van der Waals surface area contributed by atoms with Gasteiger partial charge in [0, 0.05) is 0 Å². The molecule has 0 saturated heterocycles. The highest BCUT2D eigenvalue weighted by molar-refractivity contribution is 5.82. The fourth-order valence-electron chi connectivity index (χ4n) is 11.3. The monoisotopic (exact) mass is 453 g/mol. The number of hydrogen-bond donors (Lipinski definition) is 2. The molecule has 3 heteroatoms. The second-order valence-corrected chi connectivity index (χ2v) is 14.2. The van der Waals surface area contributed by atoms with Crippen molar-refractivity contribution in [3.8, 4) is 0 Å². The topological polar surface area (TPSA) is 49.3 Å². The molecular weight excluding hydrogens is 406 g/mol. The average molecular weight is 454 g/mol. The molecule has 3 nitrogen and oxygen atoms in total. The van der Waals surface area contributed by atoms with Crippen LogP contribution in [0.2, 0.25) is 0 Å². The molecule has 1 amide bonds. The molecule has 0 heterocycles. The van der Waals surface area contributed by atoms with E-state index in [2.05, 4.69) is 65.8 Å². The van der Waals surface area contributed by atoms with Gasteiger partial charge in [0.05, 0.1) is 5.41 Å². The molecule has 4 saturated carbocycles. The Kier molecular flexibility index (Phi) is 5.17. The molecule has 2 N–H and O–H groups in total. The smallest absolute Gasteiger partial charge is 0.249 e. The molecule has 5 aliphatic carbocycles. The number of allylic oxidation sites excluding steroid dienone is 3. The lowest BCUT2D eigenvalue weighted by Gasteiger charge is -2.72.